The molecule has 6 heteroatoms. The standard InChI is InChI=1S/C22H27N3O3/c1-17-5-2-3-7-19(17)21(26)8-9-22(27)24-16-20(18-6-4-10-23-15-18)25-11-13-28-14-12-25/h2-7,10,15,20H,8-9,11-14,16H2,1H3,(H,24,27). The largest absolute Gasteiger partial charge is 0.379 e. The second-order valence-electron chi connectivity index (χ2n) is 6.99. The van der Waals surface area contributed by atoms with Crippen LogP contribution in [-0.2, 0) is 9.53 Å². The SMILES string of the molecule is Cc1ccccc1C(=O)CCC(=O)NCC(c1cccnc1)N1CCOCC1. The maximum absolute atomic E-state index is 12.4. The van der Waals surface area contributed by atoms with Gasteiger partial charge in [-0.3, -0.25) is 19.5 Å². The van der Waals surface area contributed by atoms with Gasteiger partial charge in [0.25, 0.3) is 0 Å². The van der Waals surface area contributed by atoms with Crippen LogP contribution in [0.15, 0.2) is 48.8 Å². The normalized spacial score (nSPS) is 15.8. The van der Waals surface area contributed by atoms with E-state index in [4.69, 9.17) is 4.74 Å². The predicted octanol–water partition coefficient (Wildman–Crippen LogP) is 2.54. The summed E-state index contributed by atoms with van der Waals surface area (Å²) in [7, 11) is 0. The van der Waals surface area contributed by atoms with Crippen LogP contribution in [0, 0.1) is 6.92 Å². The fourth-order valence-electron chi connectivity index (χ4n) is 3.47. The van der Waals surface area contributed by atoms with E-state index < -0.39 is 0 Å². The summed E-state index contributed by atoms with van der Waals surface area (Å²) in [6, 6.07) is 11.5. The van der Waals surface area contributed by atoms with E-state index >= 15 is 0 Å². The van der Waals surface area contributed by atoms with Gasteiger partial charge in [0.2, 0.25) is 5.91 Å². The molecular weight excluding hydrogens is 354 g/mol. The molecule has 0 bridgehead atoms. The van der Waals surface area contributed by atoms with Crippen LogP contribution in [-0.4, -0.2) is 54.4 Å². The Morgan fingerprint density at radius 3 is 2.64 bits per heavy atom. The minimum atomic E-state index is -0.107. The molecule has 1 aromatic carbocycles. The number of aromatic nitrogens is 1. The molecule has 3 rings (SSSR count). The van der Waals surface area contributed by atoms with Crippen molar-refractivity contribution in [3.8, 4) is 0 Å². The van der Waals surface area contributed by atoms with E-state index in [0.29, 0.717) is 25.3 Å². The highest BCUT2D eigenvalue weighted by Crippen LogP contribution is 2.20. The van der Waals surface area contributed by atoms with Gasteiger partial charge in [0.15, 0.2) is 5.78 Å². The molecule has 2 aromatic rings. The third-order valence-electron chi connectivity index (χ3n) is 5.07. The van der Waals surface area contributed by atoms with Gasteiger partial charge in [-0.05, 0) is 24.1 Å². The number of nitrogens with one attached hydrogen (secondary N) is 1. The Labute approximate surface area is 165 Å². The second-order valence-corrected chi connectivity index (χ2v) is 6.99. The number of nitrogens with zero attached hydrogens (tertiary/aromatic N) is 2. The third kappa shape index (κ3) is 5.47. The minimum Gasteiger partial charge on any atom is -0.379 e. The Hall–Kier alpha value is -2.57. The van der Waals surface area contributed by atoms with Gasteiger partial charge in [-0.1, -0.05) is 30.3 Å². The summed E-state index contributed by atoms with van der Waals surface area (Å²) in [5, 5.41) is 3.00. The summed E-state index contributed by atoms with van der Waals surface area (Å²) in [4.78, 5) is 31.2. The number of Topliss-reactive ketones (excluding diaryl/α,β-unsaturated/α-hetero) is 1. The minimum absolute atomic E-state index is 0.00485. The molecule has 1 N–H and O–H groups in total. The van der Waals surface area contributed by atoms with Crippen molar-refractivity contribution in [2.24, 2.45) is 0 Å². The van der Waals surface area contributed by atoms with Crippen LogP contribution in [0.1, 0.15) is 40.4 Å². The maximum Gasteiger partial charge on any atom is 0.220 e. The summed E-state index contributed by atoms with van der Waals surface area (Å²) >= 11 is 0. The average molecular weight is 381 g/mol. The quantitative estimate of drug-likeness (QED) is 0.712. The van der Waals surface area contributed by atoms with E-state index in [1.54, 1.807) is 6.20 Å². The molecule has 0 radical (unpaired) electrons. The summed E-state index contributed by atoms with van der Waals surface area (Å²) in [5.41, 5.74) is 2.70. The van der Waals surface area contributed by atoms with Gasteiger partial charge in [0.1, 0.15) is 0 Å². The first-order chi connectivity index (χ1) is 13.6. The van der Waals surface area contributed by atoms with Crippen LogP contribution in [0.4, 0.5) is 0 Å². The number of amides is 1. The van der Waals surface area contributed by atoms with Gasteiger partial charge >= 0.3 is 0 Å². The van der Waals surface area contributed by atoms with Crippen LogP contribution >= 0.6 is 0 Å². The zero-order valence-corrected chi connectivity index (χ0v) is 16.3. The summed E-state index contributed by atoms with van der Waals surface area (Å²) in [6.07, 6.45) is 3.99. The Morgan fingerprint density at radius 2 is 1.93 bits per heavy atom. The molecule has 1 atom stereocenters. The van der Waals surface area contributed by atoms with E-state index in [2.05, 4.69) is 15.2 Å². The third-order valence-corrected chi connectivity index (χ3v) is 5.07. The molecule has 1 fully saturated rings. The number of ketones is 1. The molecule has 1 aliphatic heterocycles. The number of carbonyl (C=O) groups excluding carboxylic acids is 2. The number of hydrogen-bond acceptors (Lipinski definition) is 5. The molecule has 1 saturated heterocycles. The lowest BCUT2D eigenvalue weighted by Gasteiger charge is -2.34. The smallest absolute Gasteiger partial charge is 0.220 e. The molecule has 0 spiro atoms. The molecule has 6 nitrogen and oxygen atoms in total. The van der Waals surface area contributed by atoms with Crippen molar-refractivity contribution < 1.29 is 14.3 Å². The lowest BCUT2D eigenvalue weighted by molar-refractivity contribution is -0.121. The van der Waals surface area contributed by atoms with Crippen molar-refractivity contribution >= 4 is 11.7 Å². The summed E-state index contributed by atoms with van der Waals surface area (Å²) in [5.74, 6) is -0.102. The number of morpholine rings is 1. The molecule has 0 aliphatic carbocycles. The lowest BCUT2D eigenvalue weighted by Crippen LogP contribution is -2.43. The fraction of sp³-hybridized carbons (Fsp3) is 0.409. The lowest BCUT2D eigenvalue weighted by atomic mass is 10.0. The molecule has 148 valence electrons. The molecule has 0 saturated carbocycles. The van der Waals surface area contributed by atoms with E-state index in [1.165, 1.54) is 0 Å². The zero-order valence-electron chi connectivity index (χ0n) is 16.3. The molecular formula is C22H27N3O3. The van der Waals surface area contributed by atoms with Gasteiger partial charge in [-0.2, -0.15) is 0 Å². The first-order valence-corrected chi connectivity index (χ1v) is 9.72. The van der Waals surface area contributed by atoms with Crippen LogP contribution in [0.2, 0.25) is 0 Å². The van der Waals surface area contributed by atoms with Crippen molar-refractivity contribution in [3.63, 3.8) is 0 Å². The molecule has 1 unspecified atom stereocenters. The van der Waals surface area contributed by atoms with E-state index in [0.717, 1.165) is 24.2 Å². The van der Waals surface area contributed by atoms with Crippen LogP contribution in [0.3, 0.4) is 0 Å². The first-order valence-electron chi connectivity index (χ1n) is 9.72. The van der Waals surface area contributed by atoms with Gasteiger partial charge < -0.3 is 10.1 Å². The highest BCUT2D eigenvalue weighted by atomic mass is 16.5. The van der Waals surface area contributed by atoms with Crippen molar-refractivity contribution in [2.75, 3.05) is 32.8 Å². The first kappa shape index (κ1) is 20.2. The molecule has 1 amide bonds. The number of benzene rings is 1. The van der Waals surface area contributed by atoms with Crippen LogP contribution < -0.4 is 5.32 Å². The summed E-state index contributed by atoms with van der Waals surface area (Å²) < 4.78 is 5.45. The maximum atomic E-state index is 12.4. The molecule has 28 heavy (non-hydrogen) atoms. The Kier molecular flexibility index (Phi) is 7.28. The summed E-state index contributed by atoms with van der Waals surface area (Å²) in [6.45, 7) is 5.42. The van der Waals surface area contributed by atoms with Crippen molar-refractivity contribution in [1.29, 1.82) is 0 Å². The predicted molar refractivity (Wildman–Crippen MR) is 107 cm³/mol. The number of aryl methyl sites for hydroxylation is 1. The molecule has 2 heterocycles. The van der Waals surface area contributed by atoms with E-state index in [1.807, 2.05) is 49.5 Å². The van der Waals surface area contributed by atoms with Crippen molar-refractivity contribution in [3.05, 3.63) is 65.5 Å². The van der Waals surface area contributed by atoms with Crippen LogP contribution in [0.5, 0.6) is 0 Å². The van der Waals surface area contributed by atoms with Gasteiger partial charge in [-0.25, -0.2) is 0 Å². The average Bonchev–Trinajstić information content (AvgIpc) is 2.74. The Bertz CT molecular complexity index is 789. The van der Waals surface area contributed by atoms with E-state index in [-0.39, 0.29) is 30.6 Å². The number of rotatable bonds is 8. The van der Waals surface area contributed by atoms with E-state index in [9.17, 15) is 9.59 Å². The van der Waals surface area contributed by atoms with Gasteiger partial charge in [-0.15, -0.1) is 0 Å². The van der Waals surface area contributed by atoms with Gasteiger partial charge in [0.05, 0.1) is 19.3 Å². The van der Waals surface area contributed by atoms with Crippen LogP contribution in [0.25, 0.3) is 0 Å². The molecule has 1 aliphatic rings. The monoisotopic (exact) mass is 381 g/mol. The molecule has 1 aromatic heterocycles. The number of carbonyl (C=O) groups is 2. The van der Waals surface area contributed by atoms with Crippen molar-refractivity contribution in [1.82, 2.24) is 15.2 Å². The zero-order chi connectivity index (χ0) is 19.8. The highest BCUT2D eigenvalue weighted by Gasteiger charge is 2.23. The number of pyridine rings is 1. The highest BCUT2D eigenvalue weighted by molar-refractivity contribution is 5.99. The number of ether oxygens (including phenoxy) is 1. The van der Waals surface area contributed by atoms with Gasteiger partial charge in [0, 0.05) is 50.4 Å². The fourth-order valence-corrected chi connectivity index (χ4v) is 3.47. The topological polar surface area (TPSA) is 71.5 Å². The Morgan fingerprint density at radius 1 is 1.14 bits per heavy atom. The Balaban J connectivity index is 1.54. The van der Waals surface area contributed by atoms with Crippen molar-refractivity contribution in [2.45, 2.75) is 25.8 Å². The second kappa shape index (κ2) is 10.1. The number of hydrogen-bond donors (Lipinski definition) is 1.